The average molecular weight is 324 g/mol. The van der Waals surface area contributed by atoms with E-state index in [2.05, 4.69) is 5.32 Å². The summed E-state index contributed by atoms with van der Waals surface area (Å²) in [4.78, 5) is 12.3. The van der Waals surface area contributed by atoms with Crippen LogP contribution in [-0.4, -0.2) is 33.2 Å². The first kappa shape index (κ1) is 16.8. The molecule has 0 saturated heterocycles. The van der Waals surface area contributed by atoms with Crippen LogP contribution < -0.4 is 9.62 Å². The zero-order valence-corrected chi connectivity index (χ0v) is 14.0. The van der Waals surface area contributed by atoms with E-state index in [1.54, 1.807) is 31.2 Å². The Balaban J connectivity index is 2.12. The molecule has 5 nitrogen and oxygen atoms in total. The van der Waals surface area contributed by atoms with Crippen molar-refractivity contribution in [1.82, 2.24) is 5.32 Å². The Hall–Kier alpha value is -1.56. The van der Waals surface area contributed by atoms with E-state index in [0.29, 0.717) is 11.3 Å². The Bertz CT molecular complexity index is 622. The molecule has 1 aliphatic carbocycles. The van der Waals surface area contributed by atoms with Crippen molar-refractivity contribution in [2.75, 3.05) is 17.1 Å². The van der Waals surface area contributed by atoms with Gasteiger partial charge in [0, 0.05) is 18.7 Å². The molecular weight excluding hydrogens is 300 g/mol. The topological polar surface area (TPSA) is 66.5 Å². The van der Waals surface area contributed by atoms with Crippen LogP contribution in [0, 0.1) is 0 Å². The quantitative estimate of drug-likeness (QED) is 0.905. The number of hydrogen-bond donors (Lipinski definition) is 1. The average Bonchev–Trinajstić information content (AvgIpc) is 2.55. The van der Waals surface area contributed by atoms with Gasteiger partial charge in [-0.2, -0.15) is 0 Å². The standard InChI is InChI=1S/C16H24N2O3S/c1-3-22(20,21)18(2)15-11-7-8-13(12-15)16(19)17-14-9-5-4-6-10-14/h7-8,11-12,14H,3-6,9-10H2,1-2H3,(H,17,19). The lowest BCUT2D eigenvalue weighted by Gasteiger charge is -2.23. The van der Waals surface area contributed by atoms with Crippen LogP contribution in [-0.2, 0) is 10.0 Å². The van der Waals surface area contributed by atoms with Crippen molar-refractivity contribution in [2.45, 2.75) is 45.1 Å². The van der Waals surface area contributed by atoms with Gasteiger partial charge in [-0.15, -0.1) is 0 Å². The fourth-order valence-corrected chi connectivity index (χ4v) is 3.53. The molecule has 1 saturated carbocycles. The van der Waals surface area contributed by atoms with Crippen molar-refractivity contribution in [2.24, 2.45) is 0 Å². The highest BCUT2D eigenvalue weighted by molar-refractivity contribution is 7.92. The number of nitrogens with one attached hydrogen (secondary N) is 1. The fourth-order valence-electron chi connectivity index (χ4n) is 2.71. The second kappa shape index (κ2) is 7.13. The molecule has 1 amide bonds. The largest absolute Gasteiger partial charge is 0.349 e. The van der Waals surface area contributed by atoms with Crippen LogP contribution >= 0.6 is 0 Å². The molecule has 0 unspecified atom stereocenters. The Morgan fingerprint density at radius 3 is 2.59 bits per heavy atom. The van der Waals surface area contributed by atoms with Crippen LogP contribution in [0.4, 0.5) is 5.69 Å². The molecule has 2 rings (SSSR count). The van der Waals surface area contributed by atoms with Gasteiger partial charge in [0.05, 0.1) is 11.4 Å². The lowest BCUT2D eigenvalue weighted by atomic mass is 9.95. The van der Waals surface area contributed by atoms with Gasteiger partial charge in [0.15, 0.2) is 0 Å². The zero-order chi connectivity index (χ0) is 16.2. The molecule has 122 valence electrons. The summed E-state index contributed by atoms with van der Waals surface area (Å²) in [6.07, 6.45) is 5.59. The smallest absolute Gasteiger partial charge is 0.251 e. The maximum Gasteiger partial charge on any atom is 0.251 e. The lowest BCUT2D eigenvalue weighted by molar-refractivity contribution is 0.0927. The summed E-state index contributed by atoms with van der Waals surface area (Å²) in [5.41, 5.74) is 1.01. The molecule has 0 aliphatic heterocycles. The van der Waals surface area contributed by atoms with Crippen LogP contribution in [0.15, 0.2) is 24.3 Å². The first-order chi connectivity index (χ1) is 10.4. The van der Waals surface area contributed by atoms with E-state index in [-0.39, 0.29) is 17.7 Å². The fraction of sp³-hybridized carbons (Fsp3) is 0.562. The molecule has 6 heteroatoms. The highest BCUT2D eigenvalue weighted by Gasteiger charge is 2.19. The first-order valence-electron chi connectivity index (χ1n) is 7.81. The minimum absolute atomic E-state index is 0.0298. The number of carbonyl (C=O) groups is 1. The number of amides is 1. The summed E-state index contributed by atoms with van der Waals surface area (Å²) in [7, 11) is -1.81. The summed E-state index contributed by atoms with van der Waals surface area (Å²) < 4.78 is 25.1. The maximum atomic E-state index is 12.3. The molecule has 1 aromatic rings. The molecule has 0 bridgehead atoms. The van der Waals surface area contributed by atoms with Crippen molar-refractivity contribution >= 4 is 21.6 Å². The summed E-state index contributed by atoms with van der Waals surface area (Å²) >= 11 is 0. The van der Waals surface area contributed by atoms with Gasteiger partial charge in [-0.05, 0) is 38.0 Å². The molecule has 22 heavy (non-hydrogen) atoms. The third-order valence-corrected chi connectivity index (χ3v) is 5.97. The van der Waals surface area contributed by atoms with Gasteiger partial charge in [-0.3, -0.25) is 9.10 Å². The summed E-state index contributed by atoms with van der Waals surface area (Å²) in [5, 5.41) is 3.05. The van der Waals surface area contributed by atoms with Gasteiger partial charge in [0.1, 0.15) is 0 Å². The maximum absolute atomic E-state index is 12.3. The molecule has 0 atom stereocenters. The number of benzene rings is 1. The third kappa shape index (κ3) is 4.00. The highest BCUT2D eigenvalue weighted by Crippen LogP contribution is 2.20. The van der Waals surface area contributed by atoms with Crippen molar-refractivity contribution in [1.29, 1.82) is 0 Å². The number of sulfonamides is 1. The van der Waals surface area contributed by atoms with E-state index in [0.717, 1.165) is 25.7 Å². The Kier molecular flexibility index (Phi) is 5.45. The lowest BCUT2D eigenvalue weighted by Crippen LogP contribution is -2.36. The van der Waals surface area contributed by atoms with Crippen LogP contribution in [0.3, 0.4) is 0 Å². The molecular formula is C16H24N2O3S. The normalized spacial score (nSPS) is 16.3. The molecule has 1 aromatic carbocycles. The Morgan fingerprint density at radius 1 is 1.27 bits per heavy atom. The van der Waals surface area contributed by atoms with E-state index in [9.17, 15) is 13.2 Å². The van der Waals surface area contributed by atoms with Crippen molar-refractivity contribution in [3.8, 4) is 0 Å². The number of hydrogen-bond acceptors (Lipinski definition) is 3. The number of anilines is 1. The van der Waals surface area contributed by atoms with E-state index in [4.69, 9.17) is 0 Å². The van der Waals surface area contributed by atoms with Gasteiger partial charge in [-0.25, -0.2) is 8.42 Å². The monoisotopic (exact) mass is 324 g/mol. The van der Waals surface area contributed by atoms with Crippen molar-refractivity contribution in [3.63, 3.8) is 0 Å². The number of carbonyl (C=O) groups excluding carboxylic acids is 1. The highest BCUT2D eigenvalue weighted by atomic mass is 32.2. The van der Waals surface area contributed by atoms with E-state index >= 15 is 0 Å². The van der Waals surface area contributed by atoms with E-state index in [1.165, 1.54) is 17.8 Å². The summed E-state index contributed by atoms with van der Waals surface area (Å²) in [6, 6.07) is 7.00. The molecule has 1 aliphatic rings. The summed E-state index contributed by atoms with van der Waals surface area (Å²) in [5.74, 6) is -0.0989. The minimum Gasteiger partial charge on any atom is -0.349 e. The zero-order valence-electron chi connectivity index (χ0n) is 13.2. The van der Waals surface area contributed by atoms with E-state index in [1.807, 2.05) is 0 Å². The molecule has 0 aromatic heterocycles. The Morgan fingerprint density at radius 2 is 1.95 bits per heavy atom. The van der Waals surface area contributed by atoms with Gasteiger partial charge >= 0.3 is 0 Å². The van der Waals surface area contributed by atoms with Gasteiger partial charge in [0.25, 0.3) is 5.91 Å². The van der Waals surface area contributed by atoms with Crippen molar-refractivity contribution in [3.05, 3.63) is 29.8 Å². The van der Waals surface area contributed by atoms with Crippen LogP contribution in [0.1, 0.15) is 49.4 Å². The van der Waals surface area contributed by atoms with Crippen LogP contribution in [0.2, 0.25) is 0 Å². The molecule has 0 radical (unpaired) electrons. The van der Waals surface area contributed by atoms with Gasteiger partial charge in [0.2, 0.25) is 10.0 Å². The second-order valence-electron chi connectivity index (χ2n) is 5.73. The van der Waals surface area contributed by atoms with Gasteiger partial charge < -0.3 is 5.32 Å². The van der Waals surface area contributed by atoms with Gasteiger partial charge in [-0.1, -0.05) is 25.3 Å². The second-order valence-corrected chi connectivity index (χ2v) is 8.02. The number of nitrogens with zero attached hydrogens (tertiary/aromatic N) is 1. The van der Waals surface area contributed by atoms with Crippen LogP contribution in [0.25, 0.3) is 0 Å². The SMILES string of the molecule is CCS(=O)(=O)N(C)c1cccc(C(=O)NC2CCCCC2)c1. The predicted molar refractivity (Wildman–Crippen MR) is 88.6 cm³/mol. The van der Waals surface area contributed by atoms with E-state index < -0.39 is 10.0 Å². The minimum atomic E-state index is -3.32. The molecule has 1 N–H and O–H groups in total. The Labute approximate surface area is 132 Å². The third-order valence-electron chi connectivity index (χ3n) is 4.19. The predicted octanol–water partition coefficient (Wildman–Crippen LogP) is 2.54. The molecule has 0 heterocycles. The first-order valence-corrected chi connectivity index (χ1v) is 9.42. The van der Waals surface area contributed by atoms with Crippen molar-refractivity contribution < 1.29 is 13.2 Å². The van der Waals surface area contributed by atoms with Crippen LogP contribution in [0.5, 0.6) is 0 Å². The molecule has 0 spiro atoms. The number of rotatable bonds is 5. The molecule has 1 fully saturated rings. The summed E-state index contributed by atoms with van der Waals surface area (Å²) in [6.45, 7) is 1.60.